The predicted octanol–water partition coefficient (Wildman–Crippen LogP) is 2.60. The maximum atomic E-state index is 12.9. The number of hydrogen-bond acceptors (Lipinski definition) is 4. The molecule has 0 spiro atoms. The van der Waals surface area contributed by atoms with Gasteiger partial charge in [0.1, 0.15) is 0 Å². The summed E-state index contributed by atoms with van der Waals surface area (Å²) in [6.45, 7) is 2.54. The van der Waals surface area contributed by atoms with Crippen LogP contribution in [0.1, 0.15) is 62.1 Å². The van der Waals surface area contributed by atoms with E-state index in [9.17, 15) is 13.2 Å². The summed E-state index contributed by atoms with van der Waals surface area (Å²) in [5.74, 6) is 0.657. The molecule has 1 saturated carbocycles. The molecule has 160 valence electrons. The van der Waals surface area contributed by atoms with Crippen molar-refractivity contribution in [2.75, 3.05) is 26.7 Å². The first kappa shape index (κ1) is 20.8. The topological polar surface area (TPSA) is 78.5 Å². The minimum absolute atomic E-state index is 0.0675. The Labute approximate surface area is 174 Å². The molecule has 0 radical (unpaired) electrons. The number of aryl methyl sites for hydroxylation is 1. The maximum Gasteiger partial charge on any atom is 0.240 e. The molecule has 1 aromatic carbocycles. The van der Waals surface area contributed by atoms with Crippen LogP contribution in [0, 0.1) is 11.8 Å². The van der Waals surface area contributed by atoms with Gasteiger partial charge in [0.15, 0.2) is 0 Å². The minimum atomic E-state index is -3.54. The molecular weight excluding hydrogens is 386 g/mol. The molecule has 0 unspecified atom stereocenters. The summed E-state index contributed by atoms with van der Waals surface area (Å²) in [6.07, 6.45) is 7.99. The molecule has 7 heteroatoms. The van der Waals surface area contributed by atoms with Gasteiger partial charge in [0.25, 0.3) is 0 Å². The average molecular weight is 420 g/mol. The number of piperidine rings is 1. The Balaban J connectivity index is 1.41. The van der Waals surface area contributed by atoms with Crippen LogP contribution in [0.4, 0.5) is 0 Å². The number of carbonyl (C=O) groups is 1. The van der Waals surface area contributed by atoms with E-state index >= 15 is 0 Å². The van der Waals surface area contributed by atoms with Crippen LogP contribution in [0.3, 0.4) is 0 Å². The van der Waals surface area contributed by atoms with Gasteiger partial charge in [-0.2, -0.15) is 0 Å². The Hall–Kier alpha value is -1.44. The lowest BCUT2D eigenvalue weighted by molar-refractivity contribution is -0.125. The molecule has 0 bridgehead atoms. The fraction of sp³-hybridized carbons (Fsp3) is 0.682. The molecule has 1 atom stereocenters. The van der Waals surface area contributed by atoms with Crippen molar-refractivity contribution < 1.29 is 13.2 Å². The number of hydrogen-bond donors (Lipinski definition) is 2. The van der Waals surface area contributed by atoms with Crippen LogP contribution in [-0.4, -0.2) is 45.9 Å². The number of likely N-dealkylation sites (tertiary alicyclic amines) is 1. The average Bonchev–Trinajstić information content (AvgIpc) is 3.38. The van der Waals surface area contributed by atoms with Crippen LogP contribution in [0.5, 0.6) is 0 Å². The van der Waals surface area contributed by atoms with Crippen molar-refractivity contribution >= 4 is 15.9 Å². The lowest BCUT2D eigenvalue weighted by Gasteiger charge is -2.28. The molecule has 1 saturated heterocycles. The molecule has 0 aromatic heterocycles. The van der Waals surface area contributed by atoms with Crippen LogP contribution >= 0.6 is 0 Å². The summed E-state index contributed by atoms with van der Waals surface area (Å²) in [5, 5.41) is 3.18. The molecule has 1 amide bonds. The molecule has 1 heterocycles. The maximum absolute atomic E-state index is 12.9. The summed E-state index contributed by atoms with van der Waals surface area (Å²) in [4.78, 5) is 15.1. The van der Waals surface area contributed by atoms with Gasteiger partial charge in [0.2, 0.25) is 15.9 Å². The van der Waals surface area contributed by atoms with E-state index < -0.39 is 10.0 Å². The second-order valence-corrected chi connectivity index (χ2v) is 10.8. The highest BCUT2D eigenvalue weighted by atomic mass is 32.2. The number of fused-ring (bicyclic) bond motifs is 1. The monoisotopic (exact) mass is 419 g/mol. The SMILES string of the molecule is CN1CCC(CNS(=O)(=O)c2ccc3c(c2)[C@H](NC(=O)C2CCCC2)CC3)CC1. The molecule has 1 aliphatic heterocycles. The molecule has 2 aliphatic carbocycles. The van der Waals surface area contributed by atoms with Gasteiger partial charge in [-0.3, -0.25) is 4.79 Å². The Morgan fingerprint density at radius 3 is 2.55 bits per heavy atom. The van der Waals surface area contributed by atoms with Gasteiger partial charge in [0, 0.05) is 12.5 Å². The van der Waals surface area contributed by atoms with E-state index in [1.807, 2.05) is 6.07 Å². The van der Waals surface area contributed by atoms with E-state index in [0.717, 1.165) is 75.6 Å². The second-order valence-electron chi connectivity index (χ2n) is 9.04. The number of nitrogens with zero attached hydrogens (tertiary/aromatic N) is 1. The summed E-state index contributed by atoms with van der Waals surface area (Å²) >= 11 is 0. The van der Waals surface area contributed by atoms with E-state index in [-0.39, 0.29) is 17.9 Å². The fourth-order valence-electron chi connectivity index (χ4n) is 4.95. The Morgan fingerprint density at radius 2 is 1.83 bits per heavy atom. The number of benzene rings is 1. The third kappa shape index (κ3) is 4.84. The second kappa shape index (κ2) is 8.74. The molecule has 29 heavy (non-hydrogen) atoms. The number of rotatable bonds is 6. The molecule has 6 nitrogen and oxygen atoms in total. The molecule has 3 aliphatic rings. The van der Waals surface area contributed by atoms with Crippen molar-refractivity contribution in [3.8, 4) is 0 Å². The summed E-state index contributed by atoms with van der Waals surface area (Å²) < 4.78 is 28.6. The third-order valence-electron chi connectivity index (χ3n) is 6.95. The van der Waals surface area contributed by atoms with Gasteiger partial charge >= 0.3 is 0 Å². The van der Waals surface area contributed by atoms with Crippen molar-refractivity contribution in [1.29, 1.82) is 0 Å². The summed E-state index contributed by atoms with van der Waals surface area (Å²) in [5.41, 5.74) is 2.12. The van der Waals surface area contributed by atoms with Crippen LogP contribution in [0.25, 0.3) is 0 Å². The Morgan fingerprint density at radius 1 is 1.10 bits per heavy atom. The first-order valence-corrected chi connectivity index (χ1v) is 12.5. The Bertz CT molecular complexity index is 841. The summed E-state index contributed by atoms with van der Waals surface area (Å²) in [7, 11) is -1.43. The van der Waals surface area contributed by atoms with E-state index in [0.29, 0.717) is 17.4 Å². The molecule has 2 fully saturated rings. The first-order chi connectivity index (χ1) is 13.9. The minimum Gasteiger partial charge on any atom is -0.349 e. The van der Waals surface area contributed by atoms with Crippen molar-refractivity contribution in [2.45, 2.75) is 62.3 Å². The highest BCUT2D eigenvalue weighted by Gasteiger charge is 2.30. The van der Waals surface area contributed by atoms with Gasteiger partial charge < -0.3 is 10.2 Å². The lowest BCUT2D eigenvalue weighted by Crippen LogP contribution is -2.37. The molecule has 4 rings (SSSR count). The highest BCUT2D eigenvalue weighted by molar-refractivity contribution is 7.89. The van der Waals surface area contributed by atoms with Gasteiger partial charge in [-0.25, -0.2) is 13.1 Å². The highest BCUT2D eigenvalue weighted by Crippen LogP contribution is 2.34. The standard InChI is InChI=1S/C22H33N3O3S/c1-25-12-10-16(11-13-25)15-23-29(27,28)19-8-6-17-7-9-21(20(17)14-19)24-22(26)18-4-2-3-5-18/h6,8,14,16,18,21,23H,2-5,7,9-13,15H2,1H3,(H,24,26)/t21-/m1/s1. The third-order valence-corrected chi connectivity index (χ3v) is 8.37. The van der Waals surface area contributed by atoms with E-state index in [4.69, 9.17) is 0 Å². The van der Waals surface area contributed by atoms with Gasteiger partial charge in [-0.05, 0) is 87.8 Å². The van der Waals surface area contributed by atoms with Crippen molar-refractivity contribution in [1.82, 2.24) is 14.9 Å². The van der Waals surface area contributed by atoms with E-state index in [2.05, 4.69) is 22.0 Å². The smallest absolute Gasteiger partial charge is 0.240 e. The number of sulfonamides is 1. The van der Waals surface area contributed by atoms with Gasteiger partial charge in [-0.15, -0.1) is 0 Å². The lowest BCUT2D eigenvalue weighted by atomic mass is 9.98. The van der Waals surface area contributed by atoms with Crippen molar-refractivity contribution in [2.24, 2.45) is 11.8 Å². The van der Waals surface area contributed by atoms with Gasteiger partial charge in [-0.1, -0.05) is 18.9 Å². The van der Waals surface area contributed by atoms with Crippen LogP contribution < -0.4 is 10.0 Å². The zero-order valence-corrected chi connectivity index (χ0v) is 18.1. The molecule has 2 N–H and O–H groups in total. The van der Waals surface area contributed by atoms with E-state index in [1.165, 1.54) is 0 Å². The molecular formula is C22H33N3O3S. The molecule has 1 aromatic rings. The van der Waals surface area contributed by atoms with Crippen LogP contribution in [0.2, 0.25) is 0 Å². The number of amides is 1. The predicted molar refractivity (Wildman–Crippen MR) is 113 cm³/mol. The number of nitrogens with one attached hydrogen (secondary N) is 2. The fourth-order valence-corrected chi connectivity index (χ4v) is 6.10. The normalized spacial score (nSPS) is 24.0. The van der Waals surface area contributed by atoms with E-state index in [1.54, 1.807) is 12.1 Å². The Kier molecular flexibility index (Phi) is 6.27. The van der Waals surface area contributed by atoms with Gasteiger partial charge in [0.05, 0.1) is 10.9 Å². The zero-order valence-electron chi connectivity index (χ0n) is 17.3. The first-order valence-electron chi connectivity index (χ1n) is 11.0. The van der Waals surface area contributed by atoms with Crippen LogP contribution in [0.15, 0.2) is 23.1 Å². The zero-order chi connectivity index (χ0) is 20.4. The quantitative estimate of drug-likeness (QED) is 0.743. The largest absolute Gasteiger partial charge is 0.349 e. The number of carbonyl (C=O) groups excluding carboxylic acids is 1. The van der Waals surface area contributed by atoms with Crippen molar-refractivity contribution in [3.05, 3.63) is 29.3 Å². The van der Waals surface area contributed by atoms with Crippen LogP contribution in [-0.2, 0) is 21.2 Å². The van der Waals surface area contributed by atoms with Crippen molar-refractivity contribution in [3.63, 3.8) is 0 Å². The summed E-state index contributed by atoms with van der Waals surface area (Å²) in [6, 6.07) is 5.33.